The van der Waals surface area contributed by atoms with E-state index in [1.54, 1.807) is 6.07 Å². The highest BCUT2D eigenvalue weighted by atomic mass is 19.1. The van der Waals surface area contributed by atoms with Gasteiger partial charge in [-0.25, -0.2) is 9.37 Å². The third-order valence-corrected chi connectivity index (χ3v) is 5.96. The summed E-state index contributed by atoms with van der Waals surface area (Å²) >= 11 is 0. The van der Waals surface area contributed by atoms with E-state index in [4.69, 9.17) is 4.74 Å². The number of amides is 1. The van der Waals surface area contributed by atoms with Crippen molar-refractivity contribution in [2.75, 3.05) is 36.8 Å². The number of pyridine rings is 1. The lowest BCUT2D eigenvalue weighted by Gasteiger charge is -2.23. The summed E-state index contributed by atoms with van der Waals surface area (Å²) in [5, 5.41) is 6.08. The fraction of sp³-hybridized carbons (Fsp3) is 0.360. The van der Waals surface area contributed by atoms with Crippen LogP contribution in [0, 0.1) is 5.82 Å². The first-order valence-corrected chi connectivity index (χ1v) is 11.0. The average Bonchev–Trinajstić information content (AvgIpc) is 3.25. The minimum atomic E-state index is -0.634. The SMILES string of the molecule is CCN(CC)CCNc1ccc(C2=CC(=C3C(=O)Nc4cc(F)ccc43)OC2(C)C)cn1. The second kappa shape index (κ2) is 8.74. The fourth-order valence-electron chi connectivity index (χ4n) is 4.15. The van der Waals surface area contributed by atoms with Gasteiger partial charge in [0, 0.05) is 36.0 Å². The van der Waals surface area contributed by atoms with E-state index in [-0.39, 0.29) is 5.91 Å². The first kappa shape index (κ1) is 22.0. The van der Waals surface area contributed by atoms with Gasteiger partial charge >= 0.3 is 0 Å². The molecule has 1 aromatic heterocycles. The van der Waals surface area contributed by atoms with E-state index in [9.17, 15) is 9.18 Å². The molecule has 2 aromatic rings. The minimum Gasteiger partial charge on any atom is -0.482 e. The molecule has 0 spiro atoms. The number of benzene rings is 1. The predicted octanol–water partition coefficient (Wildman–Crippen LogP) is 4.53. The number of fused-ring (bicyclic) bond motifs is 1. The summed E-state index contributed by atoms with van der Waals surface area (Å²) in [5.41, 5.74) is 2.76. The number of allylic oxidation sites excluding steroid dienone is 1. The van der Waals surface area contributed by atoms with E-state index >= 15 is 0 Å². The van der Waals surface area contributed by atoms with E-state index in [1.165, 1.54) is 12.1 Å². The van der Waals surface area contributed by atoms with Gasteiger partial charge in [-0.05, 0) is 63.3 Å². The smallest absolute Gasteiger partial charge is 0.260 e. The molecular formula is C25H29FN4O2. The molecule has 0 saturated carbocycles. The molecule has 4 rings (SSSR count). The number of carbonyl (C=O) groups is 1. The van der Waals surface area contributed by atoms with Gasteiger partial charge in [0.25, 0.3) is 5.91 Å². The summed E-state index contributed by atoms with van der Waals surface area (Å²) in [6, 6.07) is 8.24. The van der Waals surface area contributed by atoms with Gasteiger partial charge < -0.3 is 20.3 Å². The lowest BCUT2D eigenvalue weighted by atomic mass is 9.93. The van der Waals surface area contributed by atoms with Gasteiger partial charge in [0.15, 0.2) is 0 Å². The van der Waals surface area contributed by atoms with Crippen molar-refractivity contribution >= 4 is 28.6 Å². The van der Waals surface area contributed by atoms with Gasteiger partial charge in [-0.3, -0.25) is 4.79 Å². The summed E-state index contributed by atoms with van der Waals surface area (Å²) in [4.78, 5) is 19.5. The maximum absolute atomic E-state index is 13.6. The van der Waals surface area contributed by atoms with Crippen LogP contribution in [-0.4, -0.2) is 47.6 Å². The zero-order chi connectivity index (χ0) is 22.9. The largest absolute Gasteiger partial charge is 0.482 e. The summed E-state index contributed by atoms with van der Waals surface area (Å²) < 4.78 is 19.7. The minimum absolute atomic E-state index is 0.292. The fourth-order valence-corrected chi connectivity index (χ4v) is 4.15. The zero-order valence-corrected chi connectivity index (χ0v) is 19.0. The van der Waals surface area contributed by atoms with Crippen molar-refractivity contribution < 1.29 is 13.9 Å². The van der Waals surface area contributed by atoms with E-state index in [0.717, 1.165) is 43.1 Å². The van der Waals surface area contributed by atoms with Crippen molar-refractivity contribution in [2.45, 2.75) is 33.3 Å². The van der Waals surface area contributed by atoms with Crippen molar-refractivity contribution in [3.63, 3.8) is 0 Å². The quantitative estimate of drug-likeness (QED) is 0.625. The normalized spacial score (nSPS) is 18.9. The third kappa shape index (κ3) is 4.25. The second-order valence-corrected chi connectivity index (χ2v) is 8.44. The number of anilines is 2. The van der Waals surface area contributed by atoms with Crippen molar-refractivity contribution in [3.8, 4) is 0 Å². The van der Waals surface area contributed by atoms with Crippen LogP contribution >= 0.6 is 0 Å². The van der Waals surface area contributed by atoms with E-state index in [2.05, 4.69) is 34.4 Å². The van der Waals surface area contributed by atoms with E-state index in [1.807, 2.05) is 38.3 Å². The monoisotopic (exact) mass is 436 g/mol. The molecule has 32 heavy (non-hydrogen) atoms. The van der Waals surface area contributed by atoms with Crippen LogP contribution in [0.2, 0.25) is 0 Å². The van der Waals surface area contributed by atoms with Crippen molar-refractivity contribution in [2.24, 2.45) is 0 Å². The lowest BCUT2D eigenvalue weighted by Crippen LogP contribution is -2.28. The molecule has 3 heterocycles. The Bertz CT molecular complexity index is 1090. The standard InChI is InChI=1S/C25H29FN4O2/c1-5-30(6-2)12-11-27-22-10-7-16(15-28-22)19-14-21(32-25(19,3)4)23-18-9-8-17(26)13-20(18)29-24(23)31/h7-10,13-15H,5-6,11-12H2,1-4H3,(H,27,28)(H,29,31). The third-order valence-electron chi connectivity index (χ3n) is 5.96. The number of ether oxygens (including phenoxy) is 1. The van der Waals surface area contributed by atoms with Crippen molar-refractivity contribution in [1.29, 1.82) is 0 Å². The van der Waals surface area contributed by atoms with E-state index < -0.39 is 11.4 Å². The Hall–Kier alpha value is -3.19. The second-order valence-electron chi connectivity index (χ2n) is 8.44. The first-order valence-electron chi connectivity index (χ1n) is 11.0. The number of likely N-dealkylation sites (N-methyl/N-ethyl adjacent to an activating group) is 1. The van der Waals surface area contributed by atoms with Crippen molar-refractivity contribution in [1.82, 2.24) is 9.88 Å². The summed E-state index contributed by atoms with van der Waals surface area (Å²) in [7, 11) is 0. The van der Waals surface area contributed by atoms with Gasteiger partial charge in [0.2, 0.25) is 0 Å². The summed E-state index contributed by atoms with van der Waals surface area (Å²) in [6.07, 6.45) is 3.71. The molecule has 0 radical (unpaired) electrons. The molecule has 1 amide bonds. The molecule has 2 N–H and O–H groups in total. The van der Waals surface area contributed by atoms with Crippen LogP contribution in [-0.2, 0) is 9.53 Å². The Morgan fingerprint density at radius 2 is 1.97 bits per heavy atom. The Morgan fingerprint density at radius 3 is 2.66 bits per heavy atom. The molecule has 2 aliphatic rings. The number of hydrogen-bond donors (Lipinski definition) is 2. The number of rotatable bonds is 7. The van der Waals surface area contributed by atoms with Crippen molar-refractivity contribution in [3.05, 3.63) is 65.3 Å². The van der Waals surface area contributed by atoms with Gasteiger partial charge in [0.05, 0.1) is 11.3 Å². The predicted molar refractivity (Wildman–Crippen MR) is 126 cm³/mol. The van der Waals surface area contributed by atoms with Crippen LogP contribution in [0.15, 0.2) is 48.4 Å². The van der Waals surface area contributed by atoms with Crippen LogP contribution in [0.25, 0.3) is 11.1 Å². The summed E-state index contributed by atoms with van der Waals surface area (Å²) in [6.45, 7) is 12.1. The Labute approximate surface area is 188 Å². The maximum Gasteiger partial charge on any atom is 0.260 e. The molecule has 0 saturated heterocycles. The molecule has 0 atom stereocenters. The van der Waals surface area contributed by atoms with Crippen LogP contribution in [0.5, 0.6) is 0 Å². The molecular weight excluding hydrogens is 407 g/mol. The Morgan fingerprint density at radius 1 is 1.19 bits per heavy atom. The maximum atomic E-state index is 13.6. The average molecular weight is 437 g/mol. The Balaban J connectivity index is 1.57. The highest BCUT2D eigenvalue weighted by Gasteiger charge is 2.38. The topological polar surface area (TPSA) is 66.5 Å². The Kier molecular flexibility index (Phi) is 6.02. The molecule has 7 heteroatoms. The molecule has 6 nitrogen and oxygen atoms in total. The molecule has 0 aliphatic carbocycles. The molecule has 0 fully saturated rings. The first-order chi connectivity index (χ1) is 15.3. The van der Waals surface area contributed by atoms with E-state index in [0.29, 0.717) is 22.6 Å². The van der Waals surface area contributed by atoms with Crippen LogP contribution in [0.1, 0.15) is 38.8 Å². The number of nitrogens with zero attached hydrogens (tertiary/aromatic N) is 2. The van der Waals surface area contributed by atoms with Crippen LogP contribution < -0.4 is 10.6 Å². The highest BCUT2D eigenvalue weighted by molar-refractivity contribution is 6.32. The van der Waals surface area contributed by atoms with Gasteiger partial charge in [0.1, 0.15) is 23.0 Å². The summed E-state index contributed by atoms with van der Waals surface area (Å²) in [5.74, 6) is 0.619. The molecule has 0 unspecified atom stereocenters. The van der Waals surface area contributed by atoms with Gasteiger partial charge in [-0.15, -0.1) is 0 Å². The number of halogens is 1. The zero-order valence-electron chi connectivity index (χ0n) is 19.0. The molecule has 2 aliphatic heterocycles. The number of nitrogens with one attached hydrogen (secondary N) is 2. The molecule has 0 bridgehead atoms. The van der Waals surface area contributed by atoms with Gasteiger partial charge in [-0.1, -0.05) is 13.8 Å². The highest BCUT2D eigenvalue weighted by Crippen LogP contribution is 2.44. The molecule has 1 aromatic carbocycles. The van der Waals surface area contributed by atoms with Gasteiger partial charge in [-0.2, -0.15) is 0 Å². The van der Waals surface area contributed by atoms with Crippen LogP contribution in [0.3, 0.4) is 0 Å². The number of aromatic nitrogens is 1. The molecule has 168 valence electrons. The number of hydrogen-bond acceptors (Lipinski definition) is 5. The van der Waals surface area contributed by atoms with Crippen LogP contribution in [0.4, 0.5) is 15.9 Å². The lowest BCUT2D eigenvalue weighted by molar-refractivity contribution is -0.111. The number of carbonyl (C=O) groups excluding carboxylic acids is 1.